The first kappa shape index (κ1) is 13.8. The van der Waals surface area contributed by atoms with Crippen molar-refractivity contribution in [3.05, 3.63) is 31.2 Å². The number of nitro benzene ring substituents is 1. The topological polar surface area (TPSA) is 64.4 Å². The van der Waals surface area contributed by atoms with E-state index in [4.69, 9.17) is 4.74 Å². The van der Waals surface area contributed by atoms with Crippen molar-refractivity contribution in [3.63, 3.8) is 0 Å². The smallest absolute Gasteiger partial charge is 0.271 e. The van der Waals surface area contributed by atoms with Gasteiger partial charge in [-0.1, -0.05) is 0 Å². The maximum Gasteiger partial charge on any atom is 0.271 e. The fourth-order valence-corrected chi connectivity index (χ4v) is 3.26. The van der Waals surface area contributed by atoms with E-state index < -0.39 is 4.92 Å². The summed E-state index contributed by atoms with van der Waals surface area (Å²) in [6, 6.07) is 3.25. The van der Waals surface area contributed by atoms with Gasteiger partial charge in [-0.15, -0.1) is 0 Å². The van der Waals surface area contributed by atoms with E-state index in [9.17, 15) is 10.1 Å². The molecule has 0 bridgehead atoms. The normalized spacial score (nSPS) is 18.9. The van der Waals surface area contributed by atoms with E-state index in [0.29, 0.717) is 27.3 Å². The fraction of sp³-hybridized carbons (Fsp3) is 0.455. The number of non-ortho nitro benzene ring substituents is 1. The van der Waals surface area contributed by atoms with E-state index in [0.717, 1.165) is 19.4 Å². The Kier molecular flexibility index (Phi) is 4.58. The number of hydrogen-bond acceptors (Lipinski definition) is 4. The molecule has 1 saturated heterocycles. The maximum atomic E-state index is 10.7. The number of rotatable bonds is 4. The predicted molar refractivity (Wildman–Crippen MR) is 75.0 cm³/mol. The summed E-state index contributed by atoms with van der Waals surface area (Å²) in [5.74, 6) is 0.606. The van der Waals surface area contributed by atoms with Crippen molar-refractivity contribution < 1.29 is 9.66 Å². The molecule has 0 spiro atoms. The van der Waals surface area contributed by atoms with Crippen LogP contribution in [0.15, 0.2) is 21.1 Å². The quantitative estimate of drug-likeness (QED) is 0.644. The van der Waals surface area contributed by atoms with Crippen LogP contribution in [0.1, 0.15) is 12.8 Å². The minimum atomic E-state index is -0.433. The monoisotopic (exact) mass is 378 g/mol. The van der Waals surface area contributed by atoms with Gasteiger partial charge >= 0.3 is 0 Å². The van der Waals surface area contributed by atoms with Crippen molar-refractivity contribution in [3.8, 4) is 5.75 Å². The molecule has 0 saturated carbocycles. The van der Waals surface area contributed by atoms with Crippen LogP contribution in [0.5, 0.6) is 5.75 Å². The molecular weight excluding hydrogens is 368 g/mol. The predicted octanol–water partition coefficient (Wildman–Crippen LogP) is 3.25. The van der Waals surface area contributed by atoms with Gasteiger partial charge < -0.3 is 10.1 Å². The van der Waals surface area contributed by atoms with E-state index >= 15 is 0 Å². The zero-order valence-electron chi connectivity index (χ0n) is 9.49. The largest absolute Gasteiger partial charge is 0.490 e. The van der Waals surface area contributed by atoms with Crippen LogP contribution in [-0.4, -0.2) is 24.1 Å². The molecule has 1 unspecified atom stereocenters. The SMILES string of the molecule is O=[N+]([O-])c1cc(Br)c(OCC2CCCN2)c(Br)c1. The molecule has 2 rings (SSSR count). The van der Waals surface area contributed by atoms with Crippen molar-refractivity contribution >= 4 is 37.5 Å². The second-order valence-electron chi connectivity index (χ2n) is 4.10. The number of hydrogen-bond donors (Lipinski definition) is 1. The summed E-state index contributed by atoms with van der Waals surface area (Å²) in [4.78, 5) is 10.3. The molecule has 18 heavy (non-hydrogen) atoms. The van der Waals surface area contributed by atoms with Crippen molar-refractivity contribution in [2.24, 2.45) is 0 Å². The lowest BCUT2D eigenvalue weighted by Crippen LogP contribution is -2.28. The average molecular weight is 380 g/mol. The first-order chi connectivity index (χ1) is 8.58. The molecule has 1 fully saturated rings. The standard InChI is InChI=1S/C11H12Br2N2O3/c12-9-4-8(15(16)17)5-10(13)11(9)18-6-7-2-1-3-14-7/h4-5,7,14H,1-3,6H2. The third-order valence-electron chi connectivity index (χ3n) is 2.79. The van der Waals surface area contributed by atoms with Gasteiger partial charge in [0.2, 0.25) is 0 Å². The molecule has 1 aromatic rings. The Balaban J connectivity index is 2.10. The van der Waals surface area contributed by atoms with E-state index in [2.05, 4.69) is 37.2 Å². The van der Waals surface area contributed by atoms with Crippen LogP contribution >= 0.6 is 31.9 Å². The van der Waals surface area contributed by atoms with Gasteiger partial charge in [-0.2, -0.15) is 0 Å². The van der Waals surface area contributed by atoms with E-state index in [1.54, 1.807) is 0 Å². The van der Waals surface area contributed by atoms with Gasteiger partial charge in [0, 0.05) is 18.2 Å². The lowest BCUT2D eigenvalue weighted by atomic mass is 10.2. The molecule has 1 aliphatic rings. The first-order valence-corrected chi connectivity index (χ1v) is 7.16. The molecule has 1 atom stereocenters. The number of ether oxygens (including phenoxy) is 1. The number of nitrogens with one attached hydrogen (secondary N) is 1. The van der Waals surface area contributed by atoms with Crippen LogP contribution < -0.4 is 10.1 Å². The number of nitrogens with zero attached hydrogens (tertiary/aromatic N) is 1. The molecule has 98 valence electrons. The molecule has 5 nitrogen and oxygen atoms in total. The van der Waals surface area contributed by atoms with Crippen LogP contribution in [0, 0.1) is 10.1 Å². The Morgan fingerprint density at radius 3 is 2.61 bits per heavy atom. The highest BCUT2D eigenvalue weighted by molar-refractivity contribution is 9.11. The molecule has 0 amide bonds. The fourth-order valence-electron chi connectivity index (χ4n) is 1.87. The third kappa shape index (κ3) is 3.21. The average Bonchev–Trinajstić information content (AvgIpc) is 2.80. The minimum absolute atomic E-state index is 0.0279. The molecule has 1 aliphatic heterocycles. The molecule has 1 heterocycles. The molecule has 1 aromatic carbocycles. The Hall–Kier alpha value is -0.660. The Morgan fingerprint density at radius 1 is 1.44 bits per heavy atom. The van der Waals surface area contributed by atoms with Crippen LogP contribution in [0.3, 0.4) is 0 Å². The van der Waals surface area contributed by atoms with Gasteiger partial charge in [0.05, 0.1) is 13.9 Å². The first-order valence-electron chi connectivity index (χ1n) is 5.57. The maximum absolute atomic E-state index is 10.7. The summed E-state index contributed by atoms with van der Waals surface area (Å²) in [6.45, 7) is 1.59. The zero-order valence-corrected chi connectivity index (χ0v) is 12.7. The highest BCUT2D eigenvalue weighted by atomic mass is 79.9. The zero-order chi connectivity index (χ0) is 13.1. The van der Waals surface area contributed by atoms with Gasteiger partial charge in [0.15, 0.2) is 0 Å². The lowest BCUT2D eigenvalue weighted by Gasteiger charge is -2.14. The number of nitro groups is 1. The minimum Gasteiger partial charge on any atom is -0.490 e. The van der Waals surface area contributed by atoms with Crippen LogP contribution in [0.25, 0.3) is 0 Å². The second kappa shape index (κ2) is 5.99. The highest BCUT2D eigenvalue weighted by Crippen LogP contribution is 2.37. The van der Waals surface area contributed by atoms with Crippen LogP contribution in [0.2, 0.25) is 0 Å². The van der Waals surface area contributed by atoms with E-state index in [1.165, 1.54) is 12.1 Å². The molecule has 0 radical (unpaired) electrons. The lowest BCUT2D eigenvalue weighted by molar-refractivity contribution is -0.385. The third-order valence-corrected chi connectivity index (χ3v) is 3.96. The van der Waals surface area contributed by atoms with E-state index in [1.807, 2.05) is 0 Å². The Labute approximate surface area is 121 Å². The molecule has 7 heteroatoms. The van der Waals surface area contributed by atoms with E-state index in [-0.39, 0.29) is 5.69 Å². The van der Waals surface area contributed by atoms with Crippen LogP contribution in [0.4, 0.5) is 5.69 Å². The molecule has 0 aromatic heterocycles. The number of halogens is 2. The summed E-state index contributed by atoms with van der Waals surface area (Å²) >= 11 is 6.59. The van der Waals surface area contributed by atoms with Crippen molar-refractivity contribution in [2.75, 3.05) is 13.2 Å². The number of benzene rings is 1. The second-order valence-corrected chi connectivity index (χ2v) is 5.81. The summed E-state index contributed by atoms with van der Waals surface area (Å²) in [6.07, 6.45) is 2.26. The van der Waals surface area contributed by atoms with Crippen LogP contribution in [-0.2, 0) is 0 Å². The summed E-state index contributed by atoms with van der Waals surface area (Å²) < 4.78 is 6.88. The Morgan fingerprint density at radius 2 is 2.11 bits per heavy atom. The van der Waals surface area contributed by atoms with Crippen molar-refractivity contribution in [2.45, 2.75) is 18.9 Å². The summed E-state index contributed by atoms with van der Waals surface area (Å²) in [7, 11) is 0. The molecule has 0 aliphatic carbocycles. The summed E-state index contributed by atoms with van der Waals surface area (Å²) in [5, 5.41) is 14.0. The van der Waals surface area contributed by atoms with Gasteiger partial charge in [0.1, 0.15) is 12.4 Å². The summed E-state index contributed by atoms with van der Waals surface area (Å²) in [5.41, 5.74) is 0.0279. The van der Waals surface area contributed by atoms with Crippen molar-refractivity contribution in [1.29, 1.82) is 0 Å². The van der Waals surface area contributed by atoms with Gasteiger partial charge in [-0.3, -0.25) is 10.1 Å². The molecule has 1 N–H and O–H groups in total. The highest BCUT2D eigenvalue weighted by Gasteiger charge is 2.18. The van der Waals surface area contributed by atoms with Gasteiger partial charge in [0.25, 0.3) is 5.69 Å². The van der Waals surface area contributed by atoms with Crippen molar-refractivity contribution in [1.82, 2.24) is 5.32 Å². The Bertz CT molecular complexity index is 439. The van der Waals surface area contributed by atoms with Gasteiger partial charge in [-0.05, 0) is 51.2 Å². The van der Waals surface area contributed by atoms with Gasteiger partial charge in [-0.25, -0.2) is 0 Å². The molecular formula is C11H12Br2N2O3.